The molecule has 1 fully saturated rings. The number of thiophene rings is 1. The molecule has 8 heteroatoms. The van der Waals surface area contributed by atoms with Crippen LogP contribution in [0.1, 0.15) is 29.6 Å². The number of piperazine rings is 1. The van der Waals surface area contributed by atoms with Crippen molar-refractivity contribution in [2.45, 2.75) is 33.1 Å². The van der Waals surface area contributed by atoms with Gasteiger partial charge in [-0.25, -0.2) is 9.97 Å². The molecule has 1 N–H and O–H groups in total. The third-order valence-electron chi connectivity index (χ3n) is 5.89. The third kappa shape index (κ3) is 2.90. The predicted octanol–water partition coefficient (Wildman–Crippen LogP) is 1.89. The Bertz CT molecular complexity index is 987. The molecular formula is C19H26N6OS. The van der Waals surface area contributed by atoms with Gasteiger partial charge in [0, 0.05) is 37.6 Å². The van der Waals surface area contributed by atoms with Gasteiger partial charge in [-0.2, -0.15) is 4.52 Å². The summed E-state index contributed by atoms with van der Waals surface area (Å²) in [5, 5.41) is 15.1. The van der Waals surface area contributed by atoms with Crippen LogP contribution >= 0.6 is 11.3 Å². The Labute approximate surface area is 162 Å². The average Bonchev–Trinajstić information content (AvgIpc) is 3.21. The van der Waals surface area contributed by atoms with E-state index in [1.165, 1.54) is 22.2 Å². The van der Waals surface area contributed by atoms with E-state index in [1.807, 2.05) is 22.8 Å². The lowest BCUT2D eigenvalue weighted by atomic mass is 9.89. The maximum Gasteiger partial charge on any atom is 0.230 e. The highest BCUT2D eigenvalue weighted by atomic mass is 32.1. The molecule has 3 aromatic rings. The van der Waals surface area contributed by atoms with Gasteiger partial charge < -0.3 is 10.0 Å². The molecule has 1 aliphatic heterocycles. The zero-order valence-electron chi connectivity index (χ0n) is 16.0. The summed E-state index contributed by atoms with van der Waals surface area (Å²) in [5.74, 6) is 2.43. The van der Waals surface area contributed by atoms with Crippen LogP contribution < -0.4 is 4.90 Å². The van der Waals surface area contributed by atoms with Crippen molar-refractivity contribution in [1.29, 1.82) is 0 Å². The molecule has 0 bridgehead atoms. The Morgan fingerprint density at radius 3 is 2.78 bits per heavy atom. The summed E-state index contributed by atoms with van der Waals surface area (Å²) in [6.07, 6.45) is 3.55. The SMILES string of the molecule is Cc1nc2c3c4c(sc3nc(N3CCN(CCO)CC3)n2n1)CC[C@@H](C)C4. The van der Waals surface area contributed by atoms with Gasteiger partial charge >= 0.3 is 0 Å². The van der Waals surface area contributed by atoms with E-state index in [4.69, 9.17) is 15.1 Å². The van der Waals surface area contributed by atoms with Gasteiger partial charge in [-0.3, -0.25) is 4.90 Å². The van der Waals surface area contributed by atoms with E-state index in [9.17, 15) is 5.11 Å². The highest BCUT2D eigenvalue weighted by molar-refractivity contribution is 7.19. The number of anilines is 1. The van der Waals surface area contributed by atoms with Crippen LogP contribution in [0.4, 0.5) is 5.95 Å². The number of hydrogen-bond acceptors (Lipinski definition) is 7. The minimum atomic E-state index is 0.218. The Morgan fingerprint density at radius 1 is 1.19 bits per heavy atom. The molecule has 7 nitrogen and oxygen atoms in total. The topological polar surface area (TPSA) is 69.8 Å². The molecular weight excluding hydrogens is 360 g/mol. The van der Waals surface area contributed by atoms with Crippen molar-refractivity contribution in [3.63, 3.8) is 0 Å². The predicted molar refractivity (Wildman–Crippen MR) is 108 cm³/mol. The number of aryl methyl sites for hydroxylation is 2. The van der Waals surface area contributed by atoms with Crippen molar-refractivity contribution in [3.05, 3.63) is 16.3 Å². The molecule has 1 aliphatic carbocycles. The van der Waals surface area contributed by atoms with Gasteiger partial charge in [0.25, 0.3) is 0 Å². The van der Waals surface area contributed by atoms with Gasteiger partial charge in [-0.15, -0.1) is 16.4 Å². The molecule has 5 rings (SSSR count). The van der Waals surface area contributed by atoms with Crippen molar-refractivity contribution in [2.75, 3.05) is 44.2 Å². The number of hydrogen-bond donors (Lipinski definition) is 1. The second kappa shape index (κ2) is 6.68. The largest absolute Gasteiger partial charge is 0.395 e. The van der Waals surface area contributed by atoms with Crippen LogP contribution in [0, 0.1) is 12.8 Å². The highest BCUT2D eigenvalue weighted by Crippen LogP contribution is 2.40. The quantitative estimate of drug-likeness (QED) is 0.741. The van der Waals surface area contributed by atoms with Crippen molar-refractivity contribution in [3.8, 4) is 0 Å². The summed E-state index contributed by atoms with van der Waals surface area (Å²) in [6.45, 7) is 8.94. The van der Waals surface area contributed by atoms with E-state index >= 15 is 0 Å². The molecule has 0 spiro atoms. The number of aliphatic hydroxyl groups is 1. The van der Waals surface area contributed by atoms with Crippen LogP contribution in [-0.4, -0.2) is 68.9 Å². The van der Waals surface area contributed by atoms with Gasteiger partial charge in [0.15, 0.2) is 5.65 Å². The van der Waals surface area contributed by atoms with E-state index in [1.54, 1.807) is 0 Å². The molecule has 0 amide bonds. The molecule has 3 aromatic heterocycles. The molecule has 1 atom stereocenters. The summed E-state index contributed by atoms with van der Waals surface area (Å²) < 4.78 is 1.96. The van der Waals surface area contributed by atoms with Crippen LogP contribution in [0.5, 0.6) is 0 Å². The van der Waals surface area contributed by atoms with Crippen LogP contribution in [0.2, 0.25) is 0 Å². The number of β-amino-alcohol motifs (C(OH)–C–C–N with tert-alkyl or cyclic N) is 1. The summed E-state index contributed by atoms with van der Waals surface area (Å²) in [6, 6.07) is 0. The second-order valence-corrected chi connectivity index (χ2v) is 8.97. The number of nitrogens with zero attached hydrogens (tertiary/aromatic N) is 6. The molecule has 144 valence electrons. The van der Waals surface area contributed by atoms with Crippen LogP contribution in [0.15, 0.2) is 0 Å². The zero-order valence-corrected chi connectivity index (χ0v) is 16.8. The molecule has 27 heavy (non-hydrogen) atoms. The molecule has 4 heterocycles. The van der Waals surface area contributed by atoms with Gasteiger partial charge in [0.05, 0.1) is 12.0 Å². The Morgan fingerprint density at radius 2 is 2.00 bits per heavy atom. The van der Waals surface area contributed by atoms with Crippen molar-refractivity contribution in [1.82, 2.24) is 24.5 Å². The third-order valence-corrected chi connectivity index (χ3v) is 7.07. The first-order valence-electron chi connectivity index (χ1n) is 9.90. The lowest BCUT2D eigenvalue weighted by Gasteiger charge is -2.34. The van der Waals surface area contributed by atoms with Gasteiger partial charge in [0.2, 0.25) is 5.95 Å². The van der Waals surface area contributed by atoms with E-state index in [0.717, 1.165) is 73.7 Å². The first-order valence-corrected chi connectivity index (χ1v) is 10.7. The zero-order chi connectivity index (χ0) is 18.5. The Hall–Kier alpha value is -1.77. The van der Waals surface area contributed by atoms with Gasteiger partial charge in [-0.1, -0.05) is 6.92 Å². The lowest BCUT2D eigenvalue weighted by Crippen LogP contribution is -2.48. The molecule has 1 saturated heterocycles. The van der Waals surface area contributed by atoms with Gasteiger partial charge in [-0.05, 0) is 37.7 Å². The van der Waals surface area contributed by atoms with Gasteiger partial charge in [0.1, 0.15) is 10.7 Å². The molecule has 2 aliphatic rings. The monoisotopic (exact) mass is 386 g/mol. The Balaban J connectivity index is 1.61. The van der Waals surface area contributed by atoms with Crippen molar-refractivity contribution >= 4 is 33.1 Å². The normalized spacial score (nSPS) is 21.3. The Kier molecular flexibility index (Phi) is 4.29. The molecule has 0 aromatic carbocycles. The van der Waals surface area contributed by atoms with E-state index in [-0.39, 0.29) is 6.61 Å². The molecule has 0 unspecified atom stereocenters. The van der Waals surface area contributed by atoms with Crippen LogP contribution in [0.3, 0.4) is 0 Å². The molecule has 0 radical (unpaired) electrons. The number of rotatable bonds is 3. The minimum Gasteiger partial charge on any atom is -0.395 e. The smallest absolute Gasteiger partial charge is 0.230 e. The first kappa shape index (κ1) is 17.3. The van der Waals surface area contributed by atoms with E-state index in [0.29, 0.717) is 0 Å². The lowest BCUT2D eigenvalue weighted by molar-refractivity contribution is 0.188. The van der Waals surface area contributed by atoms with E-state index in [2.05, 4.69) is 16.7 Å². The number of fused-ring (bicyclic) bond motifs is 5. The fourth-order valence-corrected chi connectivity index (χ4v) is 5.63. The van der Waals surface area contributed by atoms with Crippen LogP contribution in [-0.2, 0) is 12.8 Å². The van der Waals surface area contributed by atoms with Crippen molar-refractivity contribution in [2.24, 2.45) is 5.92 Å². The summed E-state index contributed by atoms with van der Waals surface area (Å²) >= 11 is 1.85. The second-order valence-electron chi connectivity index (χ2n) is 7.89. The van der Waals surface area contributed by atoms with E-state index < -0.39 is 0 Å². The highest BCUT2D eigenvalue weighted by Gasteiger charge is 2.27. The fourth-order valence-electron chi connectivity index (χ4n) is 4.43. The minimum absolute atomic E-state index is 0.218. The number of aromatic nitrogens is 4. The summed E-state index contributed by atoms with van der Waals surface area (Å²) in [4.78, 5) is 17.1. The standard InChI is InChI=1S/C19H26N6OS/c1-12-3-4-15-14(11-12)16-17-20-13(2)22-25(17)19(21-18(16)27-15)24-7-5-23(6-8-24)9-10-26/h12,26H,3-11H2,1-2H3/t12-/m1/s1. The van der Waals surface area contributed by atoms with Crippen LogP contribution in [0.25, 0.3) is 15.9 Å². The fraction of sp³-hybridized carbons (Fsp3) is 0.632. The average molecular weight is 387 g/mol. The van der Waals surface area contributed by atoms with Crippen molar-refractivity contribution < 1.29 is 5.11 Å². The maximum atomic E-state index is 9.17. The summed E-state index contributed by atoms with van der Waals surface area (Å²) in [7, 11) is 0. The summed E-state index contributed by atoms with van der Waals surface area (Å²) in [5.41, 5.74) is 2.43. The first-order chi connectivity index (χ1) is 13.1. The maximum absolute atomic E-state index is 9.17. The number of aliphatic hydroxyl groups excluding tert-OH is 1. The molecule has 0 saturated carbocycles.